The Kier molecular flexibility index (Phi) is 5.05. The molecule has 0 spiro atoms. The number of anilines is 1. The first-order valence-electron chi connectivity index (χ1n) is 7.84. The number of carbonyl (C=O) groups is 1. The van der Waals surface area contributed by atoms with Crippen LogP contribution in [0.25, 0.3) is 0 Å². The molecule has 1 fully saturated rings. The molecule has 3 nitrogen and oxygen atoms in total. The standard InChI is InChI=1S/C17H26N2O/c1-4-12-18-16-9-7-6-8-15(16)17(20)19-13(3)10-11-14(19)5-2/h6-9,13-14,18H,4-5,10-12H2,1-3H3. The fourth-order valence-corrected chi connectivity index (χ4v) is 3.06. The lowest BCUT2D eigenvalue weighted by Gasteiger charge is -2.29. The highest BCUT2D eigenvalue weighted by atomic mass is 16.2. The smallest absolute Gasteiger partial charge is 0.256 e. The van der Waals surface area contributed by atoms with E-state index in [1.54, 1.807) is 0 Å². The molecule has 0 saturated carbocycles. The van der Waals surface area contributed by atoms with E-state index in [2.05, 4.69) is 31.0 Å². The maximum absolute atomic E-state index is 12.9. The number of carbonyl (C=O) groups excluding carboxylic acids is 1. The Morgan fingerprint density at radius 3 is 2.75 bits per heavy atom. The lowest BCUT2D eigenvalue weighted by Crippen LogP contribution is -2.40. The van der Waals surface area contributed by atoms with E-state index in [0.29, 0.717) is 12.1 Å². The van der Waals surface area contributed by atoms with Crippen molar-refractivity contribution in [2.45, 2.75) is 58.5 Å². The summed E-state index contributed by atoms with van der Waals surface area (Å²) in [6.07, 6.45) is 4.35. The molecule has 0 bridgehead atoms. The molecule has 1 aromatic rings. The molecule has 3 heteroatoms. The van der Waals surface area contributed by atoms with Gasteiger partial charge in [0.25, 0.3) is 5.91 Å². The number of rotatable bonds is 5. The van der Waals surface area contributed by atoms with Crippen molar-refractivity contribution >= 4 is 11.6 Å². The zero-order chi connectivity index (χ0) is 14.5. The molecule has 0 aliphatic carbocycles. The molecule has 110 valence electrons. The maximum atomic E-state index is 12.9. The molecule has 2 atom stereocenters. The van der Waals surface area contributed by atoms with Crippen molar-refractivity contribution in [2.24, 2.45) is 0 Å². The first-order chi connectivity index (χ1) is 9.69. The van der Waals surface area contributed by atoms with Crippen molar-refractivity contribution in [1.82, 2.24) is 4.90 Å². The molecule has 2 unspecified atom stereocenters. The van der Waals surface area contributed by atoms with E-state index in [4.69, 9.17) is 0 Å². The van der Waals surface area contributed by atoms with Gasteiger partial charge in [-0.3, -0.25) is 4.79 Å². The van der Waals surface area contributed by atoms with Gasteiger partial charge in [-0.2, -0.15) is 0 Å². The molecular formula is C17H26N2O. The molecule has 1 N–H and O–H groups in total. The minimum Gasteiger partial charge on any atom is -0.384 e. The topological polar surface area (TPSA) is 32.3 Å². The maximum Gasteiger partial charge on any atom is 0.256 e. The summed E-state index contributed by atoms with van der Waals surface area (Å²) in [5, 5.41) is 3.37. The van der Waals surface area contributed by atoms with Crippen molar-refractivity contribution in [3.8, 4) is 0 Å². The van der Waals surface area contributed by atoms with Gasteiger partial charge < -0.3 is 10.2 Å². The molecule has 2 rings (SSSR count). The second-order valence-corrected chi connectivity index (χ2v) is 5.67. The molecular weight excluding hydrogens is 248 g/mol. The van der Waals surface area contributed by atoms with Gasteiger partial charge in [-0.25, -0.2) is 0 Å². The summed E-state index contributed by atoms with van der Waals surface area (Å²) in [5.74, 6) is 0.182. The van der Waals surface area contributed by atoms with E-state index >= 15 is 0 Å². The largest absolute Gasteiger partial charge is 0.384 e. The summed E-state index contributed by atoms with van der Waals surface area (Å²) >= 11 is 0. The lowest BCUT2D eigenvalue weighted by atomic mass is 10.1. The third-order valence-electron chi connectivity index (χ3n) is 4.21. The van der Waals surface area contributed by atoms with Crippen LogP contribution in [0.15, 0.2) is 24.3 Å². The fourth-order valence-electron chi connectivity index (χ4n) is 3.06. The van der Waals surface area contributed by atoms with E-state index in [0.717, 1.165) is 43.5 Å². The van der Waals surface area contributed by atoms with Crippen molar-refractivity contribution < 1.29 is 4.79 Å². The van der Waals surface area contributed by atoms with Crippen LogP contribution >= 0.6 is 0 Å². The average molecular weight is 274 g/mol. The summed E-state index contributed by atoms with van der Waals surface area (Å²) in [4.78, 5) is 15.0. The molecule has 1 heterocycles. The van der Waals surface area contributed by atoms with Gasteiger partial charge in [-0.15, -0.1) is 0 Å². The summed E-state index contributed by atoms with van der Waals surface area (Å²) in [7, 11) is 0. The highest BCUT2D eigenvalue weighted by Gasteiger charge is 2.34. The van der Waals surface area contributed by atoms with E-state index in [-0.39, 0.29) is 5.91 Å². The van der Waals surface area contributed by atoms with Crippen LogP contribution in [0.4, 0.5) is 5.69 Å². The van der Waals surface area contributed by atoms with Crippen molar-refractivity contribution in [3.63, 3.8) is 0 Å². The number of hydrogen-bond donors (Lipinski definition) is 1. The van der Waals surface area contributed by atoms with Gasteiger partial charge in [-0.05, 0) is 44.7 Å². The van der Waals surface area contributed by atoms with Crippen LogP contribution in [0.1, 0.15) is 56.8 Å². The second kappa shape index (κ2) is 6.78. The Balaban J connectivity index is 2.24. The van der Waals surface area contributed by atoms with Gasteiger partial charge >= 0.3 is 0 Å². The SMILES string of the molecule is CCCNc1ccccc1C(=O)N1C(C)CCC1CC. The number of likely N-dealkylation sites (tertiary alicyclic amines) is 1. The third kappa shape index (κ3) is 2.97. The van der Waals surface area contributed by atoms with Crippen LogP contribution in [0, 0.1) is 0 Å². The number of benzene rings is 1. The highest BCUT2D eigenvalue weighted by Crippen LogP contribution is 2.29. The Hall–Kier alpha value is -1.51. The quantitative estimate of drug-likeness (QED) is 0.883. The fraction of sp³-hybridized carbons (Fsp3) is 0.588. The van der Waals surface area contributed by atoms with Gasteiger partial charge in [0.1, 0.15) is 0 Å². The number of hydrogen-bond acceptors (Lipinski definition) is 2. The Morgan fingerprint density at radius 2 is 2.05 bits per heavy atom. The summed E-state index contributed by atoms with van der Waals surface area (Å²) in [6.45, 7) is 7.37. The lowest BCUT2D eigenvalue weighted by molar-refractivity contribution is 0.0677. The zero-order valence-electron chi connectivity index (χ0n) is 12.9. The molecule has 1 aromatic carbocycles. The predicted molar refractivity (Wildman–Crippen MR) is 84.2 cm³/mol. The molecule has 1 aliphatic rings. The number of para-hydroxylation sites is 1. The van der Waals surface area contributed by atoms with Gasteiger partial charge in [0.15, 0.2) is 0 Å². The first kappa shape index (κ1) is 14.9. The molecule has 0 radical (unpaired) electrons. The van der Waals surface area contributed by atoms with E-state index in [1.165, 1.54) is 0 Å². The van der Waals surface area contributed by atoms with Crippen LogP contribution < -0.4 is 5.32 Å². The summed E-state index contributed by atoms with van der Waals surface area (Å²) < 4.78 is 0. The average Bonchev–Trinajstić information content (AvgIpc) is 2.85. The number of nitrogens with one attached hydrogen (secondary N) is 1. The van der Waals surface area contributed by atoms with Crippen LogP contribution in [-0.2, 0) is 0 Å². The van der Waals surface area contributed by atoms with Crippen LogP contribution in [0.5, 0.6) is 0 Å². The number of nitrogens with zero attached hydrogens (tertiary/aromatic N) is 1. The highest BCUT2D eigenvalue weighted by molar-refractivity contribution is 6.00. The van der Waals surface area contributed by atoms with Gasteiger partial charge in [0.05, 0.1) is 5.56 Å². The Bertz CT molecular complexity index is 458. The van der Waals surface area contributed by atoms with E-state index in [1.807, 2.05) is 24.3 Å². The van der Waals surface area contributed by atoms with Crippen LogP contribution in [-0.4, -0.2) is 29.4 Å². The zero-order valence-corrected chi connectivity index (χ0v) is 12.9. The third-order valence-corrected chi connectivity index (χ3v) is 4.21. The van der Waals surface area contributed by atoms with Gasteiger partial charge in [0.2, 0.25) is 0 Å². The molecule has 1 amide bonds. The van der Waals surface area contributed by atoms with Crippen LogP contribution in [0.3, 0.4) is 0 Å². The Morgan fingerprint density at radius 1 is 1.30 bits per heavy atom. The van der Waals surface area contributed by atoms with Crippen LogP contribution in [0.2, 0.25) is 0 Å². The molecule has 20 heavy (non-hydrogen) atoms. The number of amides is 1. The summed E-state index contributed by atoms with van der Waals surface area (Å²) in [6, 6.07) is 8.64. The molecule has 1 aliphatic heterocycles. The molecule has 1 saturated heterocycles. The Labute approximate surface area is 122 Å². The van der Waals surface area contributed by atoms with E-state index in [9.17, 15) is 4.79 Å². The van der Waals surface area contributed by atoms with Crippen molar-refractivity contribution in [2.75, 3.05) is 11.9 Å². The van der Waals surface area contributed by atoms with Crippen molar-refractivity contribution in [3.05, 3.63) is 29.8 Å². The van der Waals surface area contributed by atoms with Gasteiger partial charge in [-0.1, -0.05) is 26.0 Å². The first-order valence-corrected chi connectivity index (χ1v) is 7.84. The molecule has 0 aromatic heterocycles. The minimum atomic E-state index is 0.182. The monoisotopic (exact) mass is 274 g/mol. The van der Waals surface area contributed by atoms with Crippen molar-refractivity contribution in [1.29, 1.82) is 0 Å². The van der Waals surface area contributed by atoms with Gasteiger partial charge in [0, 0.05) is 24.3 Å². The normalized spacial score (nSPS) is 22.1. The van der Waals surface area contributed by atoms with E-state index < -0.39 is 0 Å². The summed E-state index contributed by atoms with van der Waals surface area (Å²) in [5.41, 5.74) is 1.78. The second-order valence-electron chi connectivity index (χ2n) is 5.67. The predicted octanol–water partition coefficient (Wildman–Crippen LogP) is 3.91. The minimum absolute atomic E-state index is 0.182.